The molecule has 7 nitrogen and oxygen atoms in total. The molecule has 0 saturated carbocycles. The number of hydrogen-bond acceptors (Lipinski definition) is 6. The predicted octanol–water partition coefficient (Wildman–Crippen LogP) is 3.92. The monoisotopic (exact) mass is 415 g/mol. The van der Waals surface area contributed by atoms with Gasteiger partial charge in [0.2, 0.25) is 0 Å². The lowest BCUT2D eigenvalue weighted by Crippen LogP contribution is -2.44. The smallest absolute Gasteiger partial charge is 0.156 e. The summed E-state index contributed by atoms with van der Waals surface area (Å²) in [6, 6.07) is 10.7. The maximum Gasteiger partial charge on any atom is 0.156 e. The topological polar surface area (TPSA) is 71.2 Å². The van der Waals surface area contributed by atoms with Gasteiger partial charge in [-0.1, -0.05) is 0 Å². The van der Waals surface area contributed by atoms with Gasteiger partial charge in [0.15, 0.2) is 5.65 Å². The van der Waals surface area contributed by atoms with Gasteiger partial charge < -0.3 is 10.2 Å². The minimum absolute atomic E-state index is 0.128. The zero-order valence-electron chi connectivity index (χ0n) is 18.8. The zero-order valence-corrected chi connectivity index (χ0v) is 18.8. The Balaban J connectivity index is 1.42. The quantitative estimate of drug-likeness (QED) is 0.547. The van der Waals surface area contributed by atoms with Crippen LogP contribution in [0.4, 0.5) is 5.82 Å². The molecule has 1 atom stereocenters. The standard InChI is InChI=1S/C24H29N7/c1-15-12-21(29-31-13-16(2)25-23(15)31)20-7-6-19-18(26-20)8-9-22(27-19)30-11-10-17(14-30)28-24(3,4)5/h6-9,12-13,17,28H,10-11,14H2,1-5H3. The van der Waals surface area contributed by atoms with E-state index < -0.39 is 0 Å². The van der Waals surface area contributed by atoms with Crippen LogP contribution in [-0.4, -0.2) is 49.2 Å². The molecule has 1 saturated heterocycles. The van der Waals surface area contributed by atoms with Gasteiger partial charge >= 0.3 is 0 Å². The molecule has 160 valence electrons. The van der Waals surface area contributed by atoms with Crippen molar-refractivity contribution in [2.75, 3.05) is 18.0 Å². The van der Waals surface area contributed by atoms with Gasteiger partial charge in [-0.2, -0.15) is 5.10 Å². The first-order valence-corrected chi connectivity index (χ1v) is 10.9. The van der Waals surface area contributed by atoms with Gasteiger partial charge in [-0.05, 0) is 76.9 Å². The van der Waals surface area contributed by atoms with E-state index in [0.29, 0.717) is 6.04 Å². The number of hydrogen-bond donors (Lipinski definition) is 1. The van der Waals surface area contributed by atoms with Crippen LogP contribution in [0.1, 0.15) is 38.4 Å². The van der Waals surface area contributed by atoms with Gasteiger partial charge in [0.1, 0.15) is 11.5 Å². The third-order valence-corrected chi connectivity index (χ3v) is 5.67. The molecule has 0 amide bonds. The van der Waals surface area contributed by atoms with Crippen molar-refractivity contribution in [1.29, 1.82) is 0 Å². The fraction of sp³-hybridized carbons (Fsp3) is 0.417. The van der Waals surface area contributed by atoms with Crippen molar-refractivity contribution in [2.45, 2.75) is 52.6 Å². The third-order valence-electron chi connectivity index (χ3n) is 5.67. The zero-order chi connectivity index (χ0) is 21.8. The van der Waals surface area contributed by atoms with Gasteiger partial charge in [-0.15, -0.1) is 0 Å². The van der Waals surface area contributed by atoms with Crippen LogP contribution >= 0.6 is 0 Å². The van der Waals surface area contributed by atoms with Crippen molar-refractivity contribution in [3.8, 4) is 11.4 Å². The maximum atomic E-state index is 4.89. The summed E-state index contributed by atoms with van der Waals surface area (Å²) in [4.78, 5) is 16.6. The molecule has 0 radical (unpaired) electrons. The van der Waals surface area contributed by atoms with E-state index in [1.807, 2.05) is 35.8 Å². The summed E-state index contributed by atoms with van der Waals surface area (Å²) >= 11 is 0. The molecule has 0 aliphatic carbocycles. The number of pyridine rings is 2. The van der Waals surface area contributed by atoms with E-state index >= 15 is 0 Å². The molecule has 1 N–H and O–H groups in total. The molecule has 0 aromatic carbocycles. The highest BCUT2D eigenvalue weighted by molar-refractivity contribution is 5.79. The van der Waals surface area contributed by atoms with Crippen LogP contribution in [0.5, 0.6) is 0 Å². The van der Waals surface area contributed by atoms with E-state index in [-0.39, 0.29) is 5.54 Å². The Kier molecular flexibility index (Phi) is 4.66. The predicted molar refractivity (Wildman–Crippen MR) is 124 cm³/mol. The van der Waals surface area contributed by atoms with Gasteiger partial charge in [-0.25, -0.2) is 19.5 Å². The molecule has 4 aromatic heterocycles. The minimum atomic E-state index is 0.128. The molecule has 1 fully saturated rings. The maximum absolute atomic E-state index is 4.89. The molecule has 5 heterocycles. The van der Waals surface area contributed by atoms with Crippen molar-refractivity contribution < 1.29 is 0 Å². The molecular formula is C24H29N7. The number of nitrogens with one attached hydrogen (secondary N) is 1. The molecule has 5 rings (SSSR count). The van der Waals surface area contributed by atoms with Gasteiger partial charge in [-0.3, -0.25) is 0 Å². The van der Waals surface area contributed by atoms with Crippen LogP contribution in [0.25, 0.3) is 28.1 Å². The molecule has 0 bridgehead atoms. The lowest BCUT2D eigenvalue weighted by atomic mass is 10.1. The molecule has 0 spiro atoms. The summed E-state index contributed by atoms with van der Waals surface area (Å²) in [5, 5.41) is 8.41. The average molecular weight is 416 g/mol. The summed E-state index contributed by atoms with van der Waals surface area (Å²) in [7, 11) is 0. The summed E-state index contributed by atoms with van der Waals surface area (Å²) in [5.74, 6) is 1.02. The lowest BCUT2D eigenvalue weighted by Gasteiger charge is -2.26. The van der Waals surface area contributed by atoms with Crippen molar-refractivity contribution in [1.82, 2.24) is 29.9 Å². The van der Waals surface area contributed by atoms with Crippen molar-refractivity contribution in [2.24, 2.45) is 0 Å². The molecular weight excluding hydrogens is 386 g/mol. The third kappa shape index (κ3) is 3.97. The van der Waals surface area contributed by atoms with Crippen molar-refractivity contribution in [3.05, 3.63) is 47.8 Å². The summed E-state index contributed by atoms with van der Waals surface area (Å²) < 4.78 is 1.84. The van der Waals surface area contributed by atoms with E-state index in [1.165, 1.54) is 0 Å². The lowest BCUT2D eigenvalue weighted by molar-refractivity contribution is 0.373. The number of aromatic nitrogens is 5. The number of aryl methyl sites for hydroxylation is 2. The fourth-order valence-corrected chi connectivity index (χ4v) is 4.39. The van der Waals surface area contributed by atoms with Gasteiger partial charge in [0.05, 0.1) is 28.6 Å². The summed E-state index contributed by atoms with van der Waals surface area (Å²) in [5.41, 5.74) is 6.52. The summed E-state index contributed by atoms with van der Waals surface area (Å²) in [6.07, 6.45) is 3.08. The molecule has 7 heteroatoms. The second-order valence-corrected chi connectivity index (χ2v) is 9.59. The highest BCUT2D eigenvalue weighted by Crippen LogP contribution is 2.25. The Hall–Kier alpha value is -3.06. The van der Waals surface area contributed by atoms with Crippen LogP contribution in [0.3, 0.4) is 0 Å². The Labute approximate surface area is 182 Å². The molecule has 1 aliphatic heterocycles. The number of imidazole rings is 1. The number of nitrogens with zero attached hydrogens (tertiary/aromatic N) is 6. The van der Waals surface area contributed by atoms with E-state index in [1.54, 1.807) is 0 Å². The van der Waals surface area contributed by atoms with Crippen LogP contribution in [-0.2, 0) is 0 Å². The molecule has 1 aliphatic rings. The Morgan fingerprint density at radius 3 is 2.55 bits per heavy atom. The van der Waals surface area contributed by atoms with Crippen LogP contribution in [0.2, 0.25) is 0 Å². The SMILES string of the molecule is Cc1cn2nc(-c3ccc4nc(N5CCC(NC(C)(C)C)C5)ccc4n3)cc(C)c2n1. The first-order chi connectivity index (χ1) is 14.7. The van der Waals surface area contributed by atoms with Gasteiger partial charge in [0, 0.05) is 24.7 Å². The number of fused-ring (bicyclic) bond motifs is 2. The number of rotatable bonds is 3. The largest absolute Gasteiger partial charge is 0.355 e. The first kappa shape index (κ1) is 19.9. The Morgan fingerprint density at radius 1 is 0.968 bits per heavy atom. The van der Waals surface area contributed by atoms with E-state index in [9.17, 15) is 0 Å². The van der Waals surface area contributed by atoms with E-state index in [2.05, 4.69) is 55.0 Å². The number of anilines is 1. The van der Waals surface area contributed by atoms with Gasteiger partial charge in [0.25, 0.3) is 0 Å². The van der Waals surface area contributed by atoms with E-state index in [4.69, 9.17) is 15.1 Å². The minimum Gasteiger partial charge on any atom is -0.355 e. The molecule has 31 heavy (non-hydrogen) atoms. The second-order valence-electron chi connectivity index (χ2n) is 9.59. The highest BCUT2D eigenvalue weighted by atomic mass is 15.3. The van der Waals surface area contributed by atoms with Crippen LogP contribution in [0.15, 0.2) is 36.5 Å². The summed E-state index contributed by atoms with van der Waals surface area (Å²) in [6.45, 7) is 12.7. The van der Waals surface area contributed by atoms with Crippen LogP contribution < -0.4 is 10.2 Å². The second kappa shape index (κ2) is 7.27. The normalized spacial score (nSPS) is 17.2. The average Bonchev–Trinajstić information content (AvgIpc) is 3.32. The molecule has 4 aromatic rings. The van der Waals surface area contributed by atoms with Crippen molar-refractivity contribution >= 4 is 22.5 Å². The van der Waals surface area contributed by atoms with Crippen LogP contribution in [0, 0.1) is 13.8 Å². The highest BCUT2D eigenvalue weighted by Gasteiger charge is 2.26. The Morgan fingerprint density at radius 2 is 1.74 bits per heavy atom. The fourth-order valence-electron chi connectivity index (χ4n) is 4.39. The molecule has 1 unspecified atom stereocenters. The Bertz CT molecular complexity index is 1270. The first-order valence-electron chi connectivity index (χ1n) is 10.9. The van der Waals surface area contributed by atoms with E-state index in [0.717, 1.165) is 64.7 Å². The van der Waals surface area contributed by atoms with Crippen molar-refractivity contribution in [3.63, 3.8) is 0 Å².